The van der Waals surface area contributed by atoms with Crippen LogP contribution >= 0.6 is 23.1 Å². The molecule has 1 amide bonds. The Labute approximate surface area is 110 Å². The van der Waals surface area contributed by atoms with Crippen molar-refractivity contribution in [2.45, 2.75) is 43.4 Å². The number of nitrogens with one attached hydrogen (secondary N) is 1. The summed E-state index contributed by atoms with van der Waals surface area (Å²) in [6.07, 6.45) is 9.26. The number of thiophene rings is 1. The van der Waals surface area contributed by atoms with Crippen molar-refractivity contribution in [3.05, 3.63) is 10.4 Å². The van der Waals surface area contributed by atoms with Crippen LogP contribution in [0.2, 0.25) is 0 Å². The molecule has 0 spiro atoms. The Kier molecular flexibility index (Phi) is 3.17. The zero-order valence-electron chi connectivity index (χ0n) is 10.0. The summed E-state index contributed by atoms with van der Waals surface area (Å²) in [4.78, 5) is 14.7. The largest absolute Gasteiger partial charge is 0.317 e. The molecule has 1 heterocycles. The lowest BCUT2D eigenvalue weighted by Gasteiger charge is -2.11. The van der Waals surface area contributed by atoms with Gasteiger partial charge in [0.05, 0.1) is 0 Å². The maximum atomic E-state index is 11.8. The molecule has 1 saturated carbocycles. The minimum atomic E-state index is 0.235. The summed E-state index contributed by atoms with van der Waals surface area (Å²) < 4.78 is 0. The number of aryl methyl sites for hydroxylation is 1. The second-order valence-corrected chi connectivity index (χ2v) is 6.76. The first kappa shape index (κ1) is 11.6. The van der Waals surface area contributed by atoms with Gasteiger partial charge in [-0.2, -0.15) is 0 Å². The van der Waals surface area contributed by atoms with E-state index in [0.717, 1.165) is 17.8 Å². The van der Waals surface area contributed by atoms with Gasteiger partial charge in [0.1, 0.15) is 5.00 Å². The van der Waals surface area contributed by atoms with Crippen molar-refractivity contribution in [2.24, 2.45) is 5.92 Å². The summed E-state index contributed by atoms with van der Waals surface area (Å²) in [5.41, 5.74) is 1.51. The zero-order chi connectivity index (χ0) is 11.8. The fourth-order valence-corrected chi connectivity index (χ4v) is 4.73. The summed E-state index contributed by atoms with van der Waals surface area (Å²) in [5, 5.41) is 4.25. The molecule has 92 valence electrons. The molecule has 1 aromatic rings. The summed E-state index contributed by atoms with van der Waals surface area (Å²) in [6, 6.07) is 0. The number of hydrogen-bond acceptors (Lipinski definition) is 3. The first-order valence-electron chi connectivity index (χ1n) is 6.29. The molecule has 0 saturated heterocycles. The van der Waals surface area contributed by atoms with Gasteiger partial charge >= 0.3 is 0 Å². The van der Waals surface area contributed by atoms with E-state index >= 15 is 0 Å². The molecule has 2 aliphatic carbocycles. The van der Waals surface area contributed by atoms with Crippen LogP contribution in [0.5, 0.6) is 0 Å². The van der Waals surface area contributed by atoms with E-state index in [1.165, 1.54) is 41.0 Å². The van der Waals surface area contributed by atoms with Gasteiger partial charge in [0.25, 0.3) is 0 Å². The van der Waals surface area contributed by atoms with Crippen molar-refractivity contribution < 1.29 is 4.79 Å². The minimum absolute atomic E-state index is 0.235. The molecule has 0 radical (unpaired) electrons. The topological polar surface area (TPSA) is 29.1 Å². The molecular weight excluding hydrogens is 250 g/mol. The summed E-state index contributed by atoms with van der Waals surface area (Å²) >= 11 is 3.59. The average molecular weight is 267 g/mol. The smallest absolute Gasteiger partial charge is 0.228 e. The van der Waals surface area contributed by atoms with Crippen molar-refractivity contribution in [1.29, 1.82) is 0 Å². The minimum Gasteiger partial charge on any atom is -0.317 e. The predicted molar refractivity (Wildman–Crippen MR) is 74.1 cm³/mol. The second kappa shape index (κ2) is 4.65. The van der Waals surface area contributed by atoms with Crippen LogP contribution in [0.1, 0.15) is 36.1 Å². The highest BCUT2D eigenvalue weighted by Gasteiger charge is 2.31. The second-order valence-electron chi connectivity index (χ2n) is 4.84. The Morgan fingerprint density at radius 2 is 2.12 bits per heavy atom. The molecule has 2 nitrogen and oxygen atoms in total. The third kappa shape index (κ3) is 2.25. The van der Waals surface area contributed by atoms with Gasteiger partial charge in [0.2, 0.25) is 5.91 Å². The lowest BCUT2D eigenvalue weighted by molar-refractivity contribution is -0.117. The van der Waals surface area contributed by atoms with E-state index in [-0.39, 0.29) is 5.91 Å². The van der Waals surface area contributed by atoms with Crippen molar-refractivity contribution in [1.82, 2.24) is 0 Å². The van der Waals surface area contributed by atoms with Crippen LogP contribution in [0.15, 0.2) is 4.90 Å². The summed E-state index contributed by atoms with van der Waals surface area (Å²) in [6.45, 7) is 0. The average Bonchev–Trinajstić information content (AvgIpc) is 3.11. The molecule has 2 aliphatic rings. The third-order valence-corrected chi connectivity index (χ3v) is 5.71. The molecule has 17 heavy (non-hydrogen) atoms. The monoisotopic (exact) mass is 267 g/mol. The van der Waals surface area contributed by atoms with Gasteiger partial charge < -0.3 is 5.32 Å². The number of anilines is 1. The standard InChI is InChI=1S/C13H17NOS2/c1-16-11-9-4-2-3-5-10(9)17-13(11)14-12(15)8-6-7-8/h8H,2-7H2,1H3,(H,14,15). The first-order valence-corrected chi connectivity index (χ1v) is 8.33. The molecule has 0 aromatic carbocycles. The third-order valence-electron chi connectivity index (χ3n) is 3.51. The van der Waals surface area contributed by atoms with E-state index in [0.29, 0.717) is 5.92 Å². The van der Waals surface area contributed by atoms with Crippen LogP contribution in [0, 0.1) is 5.92 Å². The highest BCUT2D eigenvalue weighted by atomic mass is 32.2. The predicted octanol–water partition coefficient (Wildman–Crippen LogP) is 3.70. The van der Waals surface area contributed by atoms with Gasteiger partial charge in [-0.05, 0) is 50.3 Å². The Morgan fingerprint density at radius 1 is 1.35 bits per heavy atom. The normalized spacial score (nSPS) is 18.9. The van der Waals surface area contributed by atoms with E-state index < -0.39 is 0 Å². The molecule has 1 fully saturated rings. The quantitative estimate of drug-likeness (QED) is 0.846. The molecule has 0 atom stereocenters. The van der Waals surface area contributed by atoms with Gasteiger partial charge in [-0.1, -0.05) is 0 Å². The van der Waals surface area contributed by atoms with Gasteiger partial charge in [-0.25, -0.2) is 0 Å². The molecular formula is C13H17NOS2. The van der Waals surface area contributed by atoms with Crippen LogP contribution in [-0.4, -0.2) is 12.2 Å². The highest BCUT2D eigenvalue weighted by molar-refractivity contribution is 7.99. The van der Waals surface area contributed by atoms with Gasteiger partial charge in [0.15, 0.2) is 0 Å². The molecule has 0 aliphatic heterocycles. The number of carbonyl (C=O) groups excluding carboxylic acids is 1. The van der Waals surface area contributed by atoms with Gasteiger partial charge in [-0.15, -0.1) is 23.1 Å². The number of carbonyl (C=O) groups is 1. The number of amides is 1. The van der Waals surface area contributed by atoms with E-state index in [2.05, 4.69) is 11.6 Å². The SMILES string of the molecule is CSc1c(NC(=O)C2CC2)sc2c1CCCC2. The highest BCUT2D eigenvalue weighted by Crippen LogP contribution is 2.43. The fraction of sp³-hybridized carbons (Fsp3) is 0.615. The number of thioether (sulfide) groups is 1. The summed E-state index contributed by atoms with van der Waals surface area (Å²) in [7, 11) is 0. The van der Waals surface area contributed by atoms with Crippen LogP contribution in [-0.2, 0) is 17.6 Å². The molecule has 0 bridgehead atoms. The van der Waals surface area contributed by atoms with E-state index in [4.69, 9.17) is 0 Å². The van der Waals surface area contributed by atoms with E-state index in [9.17, 15) is 4.79 Å². The maximum absolute atomic E-state index is 11.8. The Balaban J connectivity index is 1.87. The van der Waals surface area contributed by atoms with Crippen LogP contribution < -0.4 is 5.32 Å². The summed E-state index contributed by atoms with van der Waals surface area (Å²) in [5.74, 6) is 0.530. The molecule has 1 aromatic heterocycles. The fourth-order valence-electron chi connectivity index (χ4n) is 2.39. The molecule has 1 N–H and O–H groups in total. The molecule has 4 heteroatoms. The van der Waals surface area contributed by atoms with Crippen LogP contribution in [0.3, 0.4) is 0 Å². The lowest BCUT2D eigenvalue weighted by Crippen LogP contribution is -2.12. The van der Waals surface area contributed by atoms with Crippen LogP contribution in [0.4, 0.5) is 5.00 Å². The lowest BCUT2D eigenvalue weighted by atomic mass is 9.99. The van der Waals surface area contributed by atoms with Gasteiger partial charge in [0, 0.05) is 15.7 Å². The van der Waals surface area contributed by atoms with Crippen molar-refractivity contribution in [2.75, 3.05) is 11.6 Å². The molecule has 0 unspecified atom stereocenters. The van der Waals surface area contributed by atoms with Crippen LogP contribution in [0.25, 0.3) is 0 Å². The van der Waals surface area contributed by atoms with Crippen molar-refractivity contribution in [3.63, 3.8) is 0 Å². The first-order chi connectivity index (χ1) is 8.29. The van der Waals surface area contributed by atoms with Crippen molar-refractivity contribution >= 4 is 34.0 Å². The molecule has 3 rings (SSSR count). The number of hydrogen-bond donors (Lipinski definition) is 1. The number of rotatable bonds is 3. The van der Waals surface area contributed by atoms with E-state index in [1.54, 1.807) is 11.8 Å². The zero-order valence-corrected chi connectivity index (χ0v) is 11.7. The Bertz CT molecular complexity index is 449. The Morgan fingerprint density at radius 3 is 2.82 bits per heavy atom. The van der Waals surface area contributed by atoms with Gasteiger partial charge in [-0.3, -0.25) is 4.79 Å². The maximum Gasteiger partial charge on any atom is 0.228 e. The Hall–Kier alpha value is -0.480. The van der Waals surface area contributed by atoms with E-state index in [1.807, 2.05) is 11.3 Å². The van der Waals surface area contributed by atoms with Crippen molar-refractivity contribution in [3.8, 4) is 0 Å². The number of fused-ring (bicyclic) bond motifs is 1.